The first-order valence-corrected chi connectivity index (χ1v) is 3.14. The smallest absolute Gasteiger partial charge is 0.169 e. The van der Waals surface area contributed by atoms with Gasteiger partial charge in [-0.05, 0) is 12.8 Å². The molecule has 4 nitrogen and oxygen atoms in total. The van der Waals surface area contributed by atoms with Gasteiger partial charge in [-0.25, -0.2) is 0 Å². The number of nitrogen functional groups attached to an aromatic ring is 1. The number of nitrogens with two attached hydrogens (primary N) is 1. The van der Waals surface area contributed by atoms with E-state index in [1.54, 1.807) is 0 Å². The predicted molar refractivity (Wildman–Crippen MR) is 36.3 cm³/mol. The minimum absolute atomic E-state index is 0.171. The number of rotatable bonds is 3. The minimum atomic E-state index is 0.171. The van der Waals surface area contributed by atoms with E-state index in [1.807, 2.05) is 0 Å². The normalized spacial score (nSPS) is 10.1. The van der Waals surface area contributed by atoms with E-state index < -0.39 is 0 Å². The number of aryl methyl sites for hydroxylation is 1. The summed E-state index contributed by atoms with van der Waals surface area (Å²) in [6.45, 7) is 0.171. The highest BCUT2D eigenvalue weighted by Gasteiger charge is 2.01. The van der Waals surface area contributed by atoms with Crippen molar-refractivity contribution in [1.29, 1.82) is 0 Å². The van der Waals surface area contributed by atoms with Crippen LogP contribution < -0.4 is 5.73 Å². The van der Waals surface area contributed by atoms with Crippen LogP contribution in [0.3, 0.4) is 0 Å². The Morgan fingerprint density at radius 3 is 3.00 bits per heavy atom. The fraction of sp³-hybridized carbons (Fsp3) is 0.500. The largest absolute Gasteiger partial charge is 0.396 e. The molecule has 0 aliphatic heterocycles. The Hall–Kier alpha value is -1.03. The van der Waals surface area contributed by atoms with Crippen molar-refractivity contribution in [3.05, 3.63) is 11.8 Å². The molecule has 10 heavy (non-hydrogen) atoms. The maximum Gasteiger partial charge on any atom is 0.169 e. The van der Waals surface area contributed by atoms with Gasteiger partial charge in [0.25, 0.3) is 0 Å². The van der Waals surface area contributed by atoms with E-state index >= 15 is 0 Å². The molecule has 4 heteroatoms. The molecule has 0 aliphatic rings. The summed E-state index contributed by atoms with van der Waals surface area (Å²) in [4.78, 5) is 0. The maximum atomic E-state index is 8.46. The Bertz CT molecular complexity index is 197. The molecule has 0 saturated heterocycles. The zero-order valence-corrected chi connectivity index (χ0v) is 5.58. The standard InChI is InChI=1S/C6H10N2O2/c7-6-5(2-1-3-9)4-10-8-6/h4,9H,1-3H2,(H2,7,8). The highest BCUT2D eigenvalue weighted by atomic mass is 16.5. The maximum absolute atomic E-state index is 8.46. The summed E-state index contributed by atoms with van der Waals surface area (Å²) in [5.41, 5.74) is 6.26. The summed E-state index contributed by atoms with van der Waals surface area (Å²) in [5, 5.41) is 12.0. The summed E-state index contributed by atoms with van der Waals surface area (Å²) in [6, 6.07) is 0. The lowest BCUT2D eigenvalue weighted by molar-refractivity contribution is 0.288. The number of aliphatic hydroxyl groups excluding tert-OH is 1. The molecule has 0 bridgehead atoms. The number of aliphatic hydroxyl groups is 1. The molecule has 1 heterocycles. The molecule has 0 atom stereocenters. The predicted octanol–water partition coefficient (Wildman–Crippen LogP) is 0.182. The second-order valence-corrected chi connectivity index (χ2v) is 2.05. The van der Waals surface area contributed by atoms with Crippen LogP contribution in [0.2, 0.25) is 0 Å². The molecule has 0 aromatic carbocycles. The molecule has 56 valence electrons. The van der Waals surface area contributed by atoms with Gasteiger partial charge < -0.3 is 15.4 Å². The lowest BCUT2D eigenvalue weighted by Gasteiger charge is -1.91. The fourth-order valence-corrected chi connectivity index (χ4v) is 0.722. The third kappa shape index (κ3) is 1.48. The molecule has 1 rings (SSSR count). The van der Waals surface area contributed by atoms with Crippen molar-refractivity contribution in [2.45, 2.75) is 12.8 Å². The highest BCUT2D eigenvalue weighted by Crippen LogP contribution is 2.09. The monoisotopic (exact) mass is 142 g/mol. The summed E-state index contributed by atoms with van der Waals surface area (Å²) >= 11 is 0. The van der Waals surface area contributed by atoms with Gasteiger partial charge in [0.2, 0.25) is 0 Å². The van der Waals surface area contributed by atoms with Crippen molar-refractivity contribution in [3.63, 3.8) is 0 Å². The summed E-state index contributed by atoms with van der Waals surface area (Å²) < 4.78 is 4.59. The Kier molecular flexibility index (Phi) is 2.28. The molecule has 0 amide bonds. The van der Waals surface area contributed by atoms with Crippen LogP contribution in [0.15, 0.2) is 10.8 Å². The molecule has 0 aliphatic carbocycles. The summed E-state index contributed by atoms with van der Waals surface area (Å²) in [7, 11) is 0. The zero-order chi connectivity index (χ0) is 7.40. The lowest BCUT2D eigenvalue weighted by Crippen LogP contribution is -1.93. The quantitative estimate of drug-likeness (QED) is 0.631. The number of hydrogen-bond donors (Lipinski definition) is 2. The van der Waals surface area contributed by atoms with Gasteiger partial charge in [0.15, 0.2) is 5.82 Å². The molecule has 0 spiro atoms. The van der Waals surface area contributed by atoms with Gasteiger partial charge in [-0.1, -0.05) is 5.16 Å². The molecular weight excluding hydrogens is 132 g/mol. The first kappa shape index (κ1) is 7.08. The third-order valence-electron chi connectivity index (χ3n) is 1.28. The highest BCUT2D eigenvalue weighted by molar-refractivity contribution is 5.35. The van der Waals surface area contributed by atoms with Gasteiger partial charge in [-0.2, -0.15) is 0 Å². The number of hydrogen-bond acceptors (Lipinski definition) is 4. The van der Waals surface area contributed by atoms with Gasteiger partial charge in [0, 0.05) is 12.2 Å². The van der Waals surface area contributed by atoms with Crippen LogP contribution in [0.4, 0.5) is 5.82 Å². The van der Waals surface area contributed by atoms with Gasteiger partial charge in [-0.3, -0.25) is 0 Å². The molecule has 1 aromatic heterocycles. The van der Waals surface area contributed by atoms with Gasteiger partial charge in [0.05, 0.1) is 0 Å². The average Bonchev–Trinajstić information content (AvgIpc) is 2.31. The van der Waals surface area contributed by atoms with E-state index in [0.717, 1.165) is 12.0 Å². The Morgan fingerprint density at radius 1 is 1.70 bits per heavy atom. The van der Waals surface area contributed by atoms with Crippen molar-refractivity contribution in [2.24, 2.45) is 0 Å². The van der Waals surface area contributed by atoms with E-state index in [4.69, 9.17) is 10.8 Å². The van der Waals surface area contributed by atoms with Crippen molar-refractivity contribution >= 4 is 5.82 Å². The Balaban J connectivity index is 2.49. The van der Waals surface area contributed by atoms with Gasteiger partial charge >= 0.3 is 0 Å². The molecular formula is C6H10N2O2. The molecule has 0 radical (unpaired) electrons. The van der Waals surface area contributed by atoms with Gasteiger partial charge in [0.1, 0.15) is 6.26 Å². The van der Waals surface area contributed by atoms with Crippen LogP contribution in [0.5, 0.6) is 0 Å². The van der Waals surface area contributed by atoms with Crippen LogP contribution in [0.1, 0.15) is 12.0 Å². The Morgan fingerprint density at radius 2 is 2.50 bits per heavy atom. The second-order valence-electron chi connectivity index (χ2n) is 2.05. The lowest BCUT2D eigenvalue weighted by atomic mass is 10.2. The topological polar surface area (TPSA) is 72.3 Å². The number of aromatic nitrogens is 1. The zero-order valence-electron chi connectivity index (χ0n) is 5.58. The van der Waals surface area contributed by atoms with Crippen LogP contribution in [0, 0.1) is 0 Å². The van der Waals surface area contributed by atoms with Crippen LogP contribution in [-0.2, 0) is 6.42 Å². The first-order valence-electron chi connectivity index (χ1n) is 3.14. The molecule has 3 N–H and O–H groups in total. The average molecular weight is 142 g/mol. The SMILES string of the molecule is Nc1nocc1CCCO. The van der Waals surface area contributed by atoms with Crippen LogP contribution in [0.25, 0.3) is 0 Å². The minimum Gasteiger partial charge on any atom is -0.396 e. The Labute approximate surface area is 58.6 Å². The fourth-order valence-electron chi connectivity index (χ4n) is 0.722. The summed E-state index contributed by atoms with van der Waals surface area (Å²) in [6.07, 6.45) is 2.93. The van der Waals surface area contributed by atoms with E-state index in [1.165, 1.54) is 6.26 Å². The van der Waals surface area contributed by atoms with Crippen molar-refractivity contribution in [1.82, 2.24) is 5.16 Å². The molecule has 0 unspecified atom stereocenters. The van der Waals surface area contributed by atoms with Crippen molar-refractivity contribution in [2.75, 3.05) is 12.3 Å². The van der Waals surface area contributed by atoms with Crippen molar-refractivity contribution in [3.8, 4) is 0 Å². The van der Waals surface area contributed by atoms with E-state index in [2.05, 4.69) is 9.68 Å². The van der Waals surface area contributed by atoms with Crippen molar-refractivity contribution < 1.29 is 9.63 Å². The van der Waals surface area contributed by atoms with E-state index in [0.29, 0.717) is 12.2 Å². The second kappa shape index (κ2) is 3.22. The van der Waals surface area contributed by atoms with E-state index in [-0.39, 0.29) is 6.61 Å². The first-order chi connectivity index (χ1) is 4.84. The van der Waals surface area contributed by atoms with Crippen LogP contribution in [-0.4, -0.2) is 16.9 Å². The third-order valence-corrected chi connectivity index (χ3v) is 1.28. The number of anilines is 1. The summed E-state index contributed by atoms with van der Waals surface area (Å²) in [5.74, 6) is 0.424. The van der Waals surface area contributed by atoms with E-state index in [9.17, 15) is 0 Å². The van der Waals surface area contributed by atoms with Crippen LogP contribution >= 0.6 is 0 Å². The molecule has 0 fully saturated rings. The number of nitrogens with zero attached hydrogens (tertiary/aromatic N) is 1. The molecule has 1 aromatic rings. The molecule has 0 saturated carbocycles. The van der Waals surface area contributed by atoms with Gasteiger partial charge in [-0.15, -0.1) is 0 Å².